The maximum Gasteiger partial charge on any atom is 0.317 e. The average molecular weight is 321 g/mol. The van der Waals surface area contributed by atoms with Crippen molar-refractivity contribution < 1.29 is 4.79 Å². The summed E-state index contributed by atoms with van der Waals surface area (Å²) >= 11 is 1.80. The number of carbonyl (C=O) groups excluding carboxylic acids is 1. The standard InChI is InChI=1S/C17H27N3OS/c1-2-15-7-8-16(22-15)12-18-17(21)20-11-5-6-14(13-20)19-9-3-4-10-19/h7-8,14H,2-6,9-13H2,1H3,(H,18,21). The largest absolute Gasteiger partial charge is 0.333 e. The summed E-state index contributed by atoms with van der Waals surface area (Å²) in [6.45, 7) is 7.07. The van der Waals surface area contributed by atoms with Crippen molar-refractivity contribution in [1.29, 1.82) is 0 Å². The van der Waals surface area contributed by atoms with Crippen molar-refractivity contribution in [1.82, 2.24) is 15.1 Å². The molecule has 2 saturated heterocycles. The first-order valence-electron chi connectivity index (χ1n) is 8.60. The van der Waals surface area contributed by atoms with E-state index in [2.05, 4.69) is 29.3 Å². The maximum atomic E-state index is 12.4. The van der Waals surface area contributed by atoms with Crippen LogP contribution in [0.2, 0.25) is 0 Å². The number of nitrogens with zero attached hydrogens (tertiary/aromatic N) is 2. The molecule has 0 aliphatic carbocycles. The van der Waals surface area contributed by atoms with Crippen molar-refractivity contribution in [3.63, 3.8) is 0 Å². The zero-order valence-corrected chi connectivity index (χ0v) is 14.3. The van der Waals surface area contributed by atoms with Crippen LogP contribution in [-0.2, 0) is 13.0 Å². The molecule has 1 unspecified atom stereocenters. The molecule has 4 nitrogen and oxygen atoms in total. The van der Waals surface area contributed by atoms with Gasteiger partial charge in [-0.05, 0) is 57.3 Å². The zero-order chi connectivity index (χ0) is 15.4. The fourth-order valence-electron chi connectivity index (χ4n) is 3.53. The molecule has 1 aromatic rings. The number of thiophene rings is 1. The quantitative estimate of drug-likeness (QED) is 0.925. The Morgan fingerprint density at radius 1 is 1.23 bits per heavy atom. The Hall–Kier alpha value is -1.07. The second-order valence-electron chi connectivity index (χ2n) is 6.37. The maximum absolute atomic E-state index is 12.4. The van der Waals surface area contributed by atoms with Crippen molar-refractivity contribution in [2.75, 3.05) is 26.2 Å². The molecule has 5 heteroatoms. The van der Waals surface area contributed by atoms with Crippen molar-refractivity contribution in [2.24, 2.45) is 0 Å². The third kappa shape index (κ3) is 3.82. The highest BCUT2D eigenvalue weighted by Crippen LogP contribution is 2.21. The van der Waals surface area contributed by atoms with Crippen LogP contribution in [0.15, 0.2) is 12.1 Å². The molecule has 122 valence electrons. The second kappa shape index (κ2) is 7.47. The number of hydrogen-bond donors (Lipinski definition) is 1. The van der Waals surface area contributed by atoms with E-state index in [0.29, 0.717) is 12.6 Å². The highest BCUT2D eigenvalue weighted by Gasteiger charge is 2.29. The minimum Gasteiger partial charge on any atom is -0.333 e. The van der Waals surface area contributed by atoms with Crippen LogP contribution in [0.25, 0.3) is 0 Å². The van der Waals surface area contributed by atoms with Crippen LogP contribution >= 0.6 is 11.3 Å². The van der Waals surface area contributed by atoms with Gasteiger partial charge < -0.3 is 10.2 Å². The molecule has 2 aliphatic rings. The van der Waals surface area contributed by atoms with Gasteiger partial charge in [-0.1, -0.05) is 6.92 Å². The Morgan fingerprint density at radius 2 is 2.00 bits per heavy atom. The number of amides is 2. The molecule has 2 fully saturated rings. The van der Waals surface area contributed by atoms with Crippen molar-refractivity contribution in [3.05, 3.63) is 21.9 Å². The topological polar surface area (TPSA) is 35.6 Å². The lowest BCUT2D eigenvalue weighted by molar-refractivity contribution is 0.125. The molecular weight excluding hydrogens is 294 g/mol. The van der Waals surface area contributed by atoms with E-state index in [1.807, 2.05) is 4.90 Å². The fraction of sp³-hybridized carbons (Fsp3) is 0.706. The van der Waals surface area contributed by atoms with Gasteiger partial charge in [-0.25, -0.2) is 4.79 Å². The summed E-state index contributed by atoms with van der Waals surface area (Å²) in [6.07, 6.45) is 6.09. The van der Waals surface area contributed by atoms with Gasteiger partial charge in [-0.15, -0.1) is 11.3 Å². The minimum absolute atomic E-state index is 0.107. The summed E-state index contributed by atoms with van der Waals surface area (Å²) < 4.78 is 0. The molecule has 3 rings (SSSR count). The number of urea groups is 1. The van der Waals surface area contributed by atoms with E-state index in [0.717, 1.165) is 25.9 Å². The van der Waals surface area contributed by atoms with Crippen molar-refractivity contribution in [3.8, 4) is 0 Å². The number of carbonyl (C=O) groups is 1. The zero-order valence-electron chi connectivity index (χ0n) is 13.5. The number of aryl methyl sites for hydroxylation is 1. The molecule has 1 atom stereocenters. The lowest BCUT2D eigenvalue weighted by Gasteiger charge is -2.37. The molecule has 2 amide bonds. The van der Waals surface area contributed by atoms with E-state index in [9.17, 15) is 4.79 Å². The molecule has 0 bridgehead atoms. The first-order chi connectivity index (χ1) is 10.8. The Labute approximate surface area is 137 Å². The third-order valence-electron chi connectivity index (χ3n) is 4.82. The first kappa shape index (κ1) is 15.8. The summed E-state index contributed by atoms with van der Waals surface area (Å²) in [5.74, 6) is 0. The third-order valence-corrected chi connectivity index (χ3v) is 6.05. The molecule has 1 aromatic heterocycles. The molecule has 0 radical (unpaired) electrons. The monoisotopic (exact) mass is 321 g/mol. The highest BCUT2D eigenvalue weighted by molar-refractivity contribution is 7.11. The van der Waals surface area contributed by atoms with E-state index in [-0.39, 0.29) is 6.03 Å². The van der Waals surface area contributed by atoms with Crippen LogP contribution in [0.4, 0.5) is 4.79 Å². The van der Waals surface area contributed by atoms with Gasteiger partial charge in [0.15, 0.2) is 0 Å². The molecule has 0 spiro atoms. The lowest BCUT2D eigenvalue weighted by atomic mass is 10.0. The van der Waals surface area contributed by atoms with Crippen LogP contribution in [0, 0.1) is 0 Å². The predicted molar refractivity (Wildman–Crippen MR) is 91.3 cm³/mol. The number of likely N-dealkylation sites (tertiary alicyclic amines) is 2. The van der Waals surface area contributed by atoms with Gasteiger partial charge in [0.2, 0.25) is 0 Å². The molecule has 22 heavy (non-hydrogen) atoms. The Morgan fingerprint density at radius 3 is 2.73 bits per heavy atom. The highest BCUT2D eigenvalue weighted by atomic mass is 32.1. The van der Waals surface area contributed by atoms with Gasteiger partial charge >= 0.3 is 6.03 Å². The average Bonchev–Trinajstić information content (AvgIpc) is 3.24. The van der Waals surface area contributed by atoms with Crippen LogP contribution in [-0.4, -0.2) is 48.1 Å². The fourth-order valence-corrected chi connectivity index (χ4v) is 4.42. The SMILES string of the molecule is CCc1ccc(CNC(=O)N2CCCC(N3CCCC3)C2)s1. The summed E-state index contributed by atoms with van der Waals surface area (Å²) in [6, 6.07) is 4.98. The Kier molecular flexibility index (Phi) is 5.37. The first-order valence-corrected chi connectivity index (χ1v) is 9.42. The summed E-state index contributed by atoms with van der Waals surface area (Å²) in [4.78, 5) is 19.6. The summed E-state index contributed by atoms with van der Waals surface area (Å²) in [5, 5.41) is 3.10. The predicted octanol–water partition coefficient (Wildman–Crippen LogP) is 3.08. The molecule has 3 heterocycles. The van der Waals surface area contributed by atoms with E-state index < -0.39 is 0 Å². The minimum atomic E-state index is 0.107. The smallest absolute Gasteiger partial charge is 0.317 e. The number of nitrogens with one attached hydrogen (secondary N) is 1. The molecule has 2 aliphatic heterocycles. The molecule has 1 N–H and O–H groups in total. The normalized spacial score (nSPS) is 23.0. The van der Waals surface area contributed by atoms with Crippen LogP contribution in [0.3, 0.4) is 0 Å². The Balaban J connectivity index is 1.48. The molecule has 0 aromatic carbocycles. The number of hydrogen-bond acceptors (Lipinski definition) is 3. The number of rotatable bonds is 4. The van der Waals surface area contributed by atoms with Gasteiger partial charge in [-0.3, -0.25) is 4.90 Å². The van der Waals surface area contributed by atoms with E-state index in [1.165, 1.54) is 42.1 Å². The van der Waals surface area contributed by atoms with E-state index in [4.69, 9.17) is 0 Å². The van der Waals surface area contributed by atoms with Gasteiger partial charge in [-0.2, -0.15) is 0 Å². The van der Waals surface area contributed by atoms with Crippen LogP contribution < -0.4 is 5.32 Å². The van der Waals surface area contributed by atoms with Gasteiger partial charge in [0, 0.05) is 28.9 Å². The van der Waals surface area contributed by atoms with E-state index >= 15 is 0 Å². The number of piperidine rings is 1. The summed E-state index contributed by atoms with van der Waals surface area (Å²) in [5.41, 5.74) is 0. The molecule has 0 saturated carbocycles. The summed E-state index contributed by atoms with van der Waals surface area (Å²) in [7, 11) is 0. The van der Waals surface area contributed by atoms with Crippen LogP contribution in [0.1, 0.15) is 42.4 Å². The Bertz CT molecular complexity index is 496. The molecular formula is C17H27N3OS. The van der Waals surface area contributed by atoms with Crippen molar-refractivity contribution in [2.45, 2.75) is 51.6 Å². The van der Waals surface area contributed by atoms with Crippen molar-refractivity contribution >= 4 is 17.4 Å². The van der Waals surface area contributed by atoms with Gasteiger partial charge in [0.05, 0.1) is 6.54 Å². The van der Waals surface area contributed by atoms with Gasteiger partial charge in [0.1, 0.15) is 0 Å². The lowest BCUT2D eigenvalue weighted by Crippen LogP contribution is -2.51. The van der Waals surface area contributed by atoms with Gasteiger partial charge in [0.25, 0.3) is 0 Å². The van der Waals surface area contributed by atoms with E-state index in [1.54, 1.807) is 11.3 Å². The van der Waals surface area contributed by atoms with Crippen LogP contribution in [0.5, 0.6) is 0 Å². The second-order valence-corrected chi connectivity index (χ2v) is 7.62.